The third-order valence-corrected chi connectivity index (χ3v) is 8.92. The van der Waals surface area contributed by atoms with Gasteiger partial charge in [0.2, 0.25) is 0 Å². The van der Waals surface area contributed by atoms with Gasteiger partial charge in [-0.1, -0.05) is 34.6 Å². The van der Waals surface area contributed by atoms with Crippen LogP contribution in [0.1, 0.15) is 66.7 Å². The molecule has 0 heterocycles. The molecule has 0 aliphatic carbocycles. The first-order valence-corrected chi connectivity index (χ1v) is 19.4. The summed E-state index contributed by atoms with van der Waals surface area (Å²) in [5.74, 6) is 0. The summed E-state index contributed by atoms with van der Waals surface area (Å²) in [5.41, 5.74) is 5.98. The van der Waals surface area contributed by atoms with Crippen molar-refractivity contribution in [3.63, 3.8) is 0 Å². The van der Waals surface area contributed by atoms with Crippen molar-refractivity contribution in [3.05, 3.63) is 0 Å². The fourth-order valence-electron chi connectivity index (χ4n) is 5.83. The smallest absolute Gasteiger partial charge is 0.0110 e. The molecule has 0 amide bonds. The van der Waals surface area contributed by atoms with Gasteiger partial charge in [0.05, 0.1) is 0 Å². The Balaban J connectivity index is 4.96. The third-order valence-electron chi connectivity index (χ3n) is 8.92. The molecule has 0 aliphatic rings. The monoisotopic (exact) mass is 657 g/mol. The fraction of sp³-hybridized carbons (Fsp3) is 1.00. The zero-order valence-corrected chi connectivity index (χ0v) is 32.5. The highest BCUT2D eigenvalue weighted by Crippen LogP contribution is 2.00. The number of likely N-dealkylation sites (N-methyl/N-ethyl adjacent to an activating group) is 3. The SMILES string of the molecule is CCCNCCN(CCN)CCN(CCN(C)CCC)CCN(C)CCN(CCC)CCN(CCNCCC)CCN(C)CCC. The molecule has 0 bridgehead atoms. The van der Waals surface area contributed by atoms with E-state index in [9.17, 15) is 0 Å². The molecule has 0 aliphatic heterocycles. The second kappa shape index (κ2) is 33.1. The van der Waals surface area contributed by atoms with Crippen LogP contribution in [0.5, 0.6) is 0 Å². The average molecular weight is 657 g/mol. The van der Waals surface area contributed by atoms with E-state index in [1.54, 1.807) is 0 Å². The number of nitrogens with zero attached hydrogens (tertiary/aromatic N) is 7. The largest absolute Gasteiger partial charge is 0.329 e. The molecule has 0 aromatic heterocycles. The van der Waals surface area contributed by atoms with Crippen molar-refractivity contribution >= 4 is 0 Å². The van der Waals surface area contributed by atoms with Crippen LogP contribution in [0, 0.1) is 0 Å². The standard InChI is InChI=1S/C36H84N10/c1-9-15-38-17-23-44(22-14-37)34-36-46(31-26-41(7)20-12-4)32-28-42(8)27-29-43(21-13-5)33-35-45(24-18-39-16-10-2)30-25-40(6)19-11-3/h38-39H,9-37H2,1-8H3. The van der Waals surface area contributed by atoms with Crippen molar-refractivity contribution in [1.29, 1.82) is 0 Å². The van der Waals surface area contributed by atoms with E-state index >= 15 is 0 Å². The van der Waals surface area contributed by atoms with Gasteiger partial charge in [-0.25, -0.2) is 0 Å². The average Bonchev–Trinajstić information content (AvgIpc) is 3.04. The maximum absolute atomic E-state index is 5.98. The van der Waals surface area contributed by atoms with Crippen LogP contribution < -0.4 is 16.4 Å². The van der Waals surface area contributed by atoms with Crippen LogP contribution in [0.4, 0.5) is 0 Å². The molecule has 0 rings (SSSR count). The summed E-state index contributed by atoms with van der Waals surface area (Å²) in [6.45, 7) is 36.8. The van der Waals surface area contributed by atoms with Gasteiger partial charge in [0.1, 0.15) is 0 Å². The van der Waals surface area contributed by atoms with Crippen LogP contribution in [0.3, 0.4) is 0 Å². The van der Waals surface area contributed by atoms with E-state index in [1.165, 1.54) is 51.7 Å². The predicted molar refractivity (Wildman–Crippen MR) is 204 cm³/mol. The first-order valence-electron chi connectivity index (χ1n) is 19.4. The summed E-state index contributed by atoms with van der Waals surface area (Å²) in [6, 6.07) is 0. The minimum Gasteiger partial charge on any atom is -0.329 e. The van der Waals surface area contributed by atoms with Gasteiger partial charge >= 0.3 is 0 Å². The van der Waals surface area contributed by atoms with E-state index in [4.69, 9.17) is 5.73 Å². The Morgan fingerprint density at radius 3 is 0.978 bits per heavy atom. The van der Waals surface area contributed by atoms with E-state index in [0.29, 0.717) is 0 Å². The van der Waals surface area contributed by atoms with Crippen LogP contribution in [-0.4, -0.2) is 206 Å². The molecule has 10 nitrogen and oxygen atoms in total. The summed E-state index contributed by atoms with van der Waals surface area (Å²) in [5, 5.41) is 7.18. The van der Waals surface area contributed by atoms with Gasteiger partial charge in [-0.3, -0.25) is 14.7 Å². The zero-order valence-electron chi connectivity index (χ0n) is 32.5. The molecule has 0 atom stereocenters. The highest BCUT2D eigenvalue weighted by molar-refractivity contribution is 4.71. The molecule has 0 radical (unpaired) electrons. The quantitative estimate of drug-likeness (QED) is 0.0875. The summed E-state index contributed by atoms with van der Waals surface area (Å²) in [7, 11) is 6.85. The lowest BCUT2D eigenvalue weighted by atomic mass is 10.3. The Morgan fingerprint density at radius 1 is 0.326 bits per heavy atom. The number of hydrogen-bond donors (Lipinski definition) is 3. The van der Waals surface area contributed by atoms with Crippen molar-refractivity contribution in [2.24, 2.45) is 5.73 Å². The maximum Gasteiger partial charge on any atom is 0.0110 e. The lowest BCUT2D eigenvalue weighted by Crippen LogP contribution is -2.45. The third kappa shape index (κ3) is 27.5. The molecule has 0 saturated heterocycles. The van der Waals surface area contributed by atoms with Crippen LogP contribution in [0.25, 0.3) is 0 Å². The Bertz CT molecular complexity index is 613. The number of nitrogens with one attached hydrogen (secondary N) is 2. The van der Waals surface area contributed by atoms with E-state index in [2.05, 4.69) is 101 Å². The number of hydrogen-bond acceptors (Lipinski definition) is 10. The van der Waals surface area contributed by atoms with Crippen molar-refractivity contribution < 1.29 is 0 Å². The molecule has 278 valence electrons. The van der Waals surface area contributed by atoms with Crippen molar-refractivity contribution in [3.8, 4) is 0 Å². The summed E-state index contributed by atoms with van der Waals surface area (Å²) < 4.78 is 0. The van der Waals surface area contributed by atoms with E-state index in [1.807, 2.05) is 0 Å². The van der Waals surface area contributed by atoms with E-state index in [0.717, 1.165) is 131 Å². The molecular weight excluding hydrogens is 572 g/mol. The van der Waals surface area contributed by atoms with Crippen LogP contribution in [-0.2, 0) is 0 Å². The van der Waals surface area contributed by atoms with Gasteiger partial charge in [0.25, 0.3) is 0 Å². The van der Waals surface area contributed by atoms with E-state index in [-0.39, 0.29) is 0 Å². The minimum absolute atomic E-state index is 0.730. The molecular formula is C36H84N10. The highest BCUT2D eigenvalue weighted by Gasteiger charge is 2.14. The lowest BCUT2D eigenvalue weighted by molar-refractivity contribution is 0.155. The van der Waals surface area contributed by atoms with Gasteiger partial charge < -0.3 is 36.0 Å². The second-order valence-corrected chi connectivity index (χ2v) is 13.6. The molecule has 0 aromatic carbocycles. The van der Waals surface area contributed by atoms with Gasteiger partial charge in [0, 0.05) is 118 Å². The van der Waals surface area contributed by atoms with Crippen LogP contribution >= 0.6 is 0 Å². The highest BCUT2D eigenvalue weighted by atomic mass is 15.3. The van der Waals surface area contributed by atoms with Crippen molar-refractivity contribution in [2.45, 2.75) is 66.7 Å². The maximum atomic E-state index is 5.98. The Labute approximate surface area is 288 Å². The summed E-state index contributed by atoms with van der Waals surface area (Å²) in [6.07, 6.45) is 6.04. The van der Waals surface area contributed by atoms with Crippen molar-refractivity contribution in [2.75, 3.05) is 172 Å². The normalized spacial score (nSPS) is 12.5. The minimum atomic E-state index is 0.730. The molecule has 0 fully saturated rings. The molecule has 10 heteroatoms. The van der Waals surface area contributed by atoms with Crippen LogP contribution in [0.2, 0.25) is 0 Å². The number of nitrogens with two attached hydrogens (primary N) is 1. The second-order valence-electron chi connectivity index (χ2n) is 13.6. The summed E-state index contributed by atoms with van der Waals surface area (Å²) in [4.78, 5) is 18.1. The van der Waals surface area contributed by atoms with Crippen LogP contribution in [0.15, 0.2) is 0 Å². The topological polar surface area (TPSA) is 72.8 Å². The predicted octanol–water partition coefficient (Wildman–Crippen LogP) is 2.18. The van der Waals surface area contributed by atoms with Crippen molar-refractivity contribution in [1.82, 2.24) is 44.9 Å². The first kappa shape index (κ1) is 45.6. The Hall–Kier alpha value is -0.400. The fourth-order valence-corrected chi connectivity index (χ4v) is 5.83. The molecule has 0 spiro atoms. The van der Waals surface area contributed by atoms with E-state index < -0.39 is 0 Å². The molecule has 46 heavy (non-hydrogen) atoms. The molecule has 0 saturated carbocycles. The van der Waals surface area contributed by atoms with Gasteiger partial charge in [-0.15, -0.1) is 0 Å². The van der Waals surface area contributed by atoms with Gasteiger partial charge in [-0.2, -0.15) is 0 Å². The first-order chi connectivity index (χ1) is 22.3. The van der Waals surface area contributed by atoms with Gasteiger partial charge in [0.15, 0.2) is 0 Å². The van der Waals surface area contributed by atoms with Gasteiger partial charge in [-0.05, 0) is 86.0 Å². The lowest BCUT2D eigenvalue weighted by Gasteiger charge is -2.32. The molecule has 0 aromatic rings. The summed E-state index contributed by atoms with van der Waals surface area (Å²) >= 11 is 0. The molecule has 0 unspecified atom stereocenters. The zero-order chi connectivity index (χ0) is 34.3. The Morgan fingerprint density at radius 2 is 0.630 bits per heavy atom. The molecule has 4 N–H and O–H groups in total. The Kier molecular flexibility index (Phi) is 32.8. The number of rotatable bonds is 36.